The summed E-state index contributed by atoms with van der Waals surface area (Å²) in [6, 6.07) is 3.74. The lowest BCUT2D eigenvalue weighted by atomic mass is 10.1. The maximum Gasteiger partial charge on any atom is 0.162 e. The zero-order chi connectivity index (χ0) is 12.1. The Morgan fingerprint density at radius 2 is 2.50 bits per heavy atom. The van der Waals surface area contributed by atoms with Crippen molar-refractivity contribution in [2.24, 2.45) is 7.05 Å². The largest absolute Gasteiger partial charge is 0.394 e. The molecule has 1 aromatic heterocycles. The van der Waals surface area contributed by atoms with Gasteiger partial charge in [-0.1, -0.05) is 0 Å². The summed E-state index contributed by atoms with van der Waals surface area (Å²) >= 11 is 1.96. The van der Waals surface area contributed by atoms with Crippen LogP contribution in [0.4, 0.5) is 0 Å². The highest BCUT2D eigenvalue weighted by molar-refractivity contribution is 14.1. The summed E-state index contributed by atoms with van der Waals surface area (Å²) in [5.74, 6) is 0. The van der Waals surface area contributed by atoms with E-state index in [4.69, 9.17) is 10.7 Å². The number of nitriles is 1. The predicted molar refractivity (Wildman–Crippen MR) is 70.5 cm³/mol. The molecular formula is C10H12IN5. The number of nitrogens with one attached hydrogen (secondary N) is 2. The van der Waals surface area contributed by atoms with Crippen LogP contribution in [0.15, 0.2) is 17.8 Å². The van der Waals surface area contributed by atoms with Crippen LogP contribution in [0.25, 0.3) is 0 Å². The molecular weight excluding hydrogens is 317 g/mol. The van der Waals surface area contributed by atoms with Crippen molar-refractivity contribution in [1.82, 2.24) is 15.1 Å². The van der Waals surface area contributed by atoms with E-state index in [1.54, 1.807) is 31.0 Å². The highest BCUT2D eigenvalue weighted by Crippen LogP contribution is 2.12. The molecule has 0 aliphatic carbocycles. The average Bonchev–Trinajstić information content (AvgIpc) is 2.59. The molecule has 0 atom stereocenters. The Morgan fingerprint density at radius 3 is 2.94 bits per heavy atom. The monoisotopic (exact) mass is 329 g/mol. The minimum atomic E-state index is 0.404. The second-order valence-corrected chi connectivity index (χ2v) is 4.28. The molecule has 0 aliphatic heterocycles. The Hall–Kier alpha value is -1.36. The van der Waals surface area contributed by atoms with Crippen molar-refractivity contribution in [2.75, 3.05) is 7.05 Å². The van der Waals surface area contributed by atoms with E-state index < -0.39 is 0 Å². The van der Waals surface area contributed by atoms with Crippen LogP contribution in [-0.2, 0) is 13.5 Å². The Bertz CT molecular complexity index is 466. The molecule has 16 heavy (non-hydrogen) atoms. The van der Waals surface area contributed by atoms with E-state index in [0.29, 0.717) is 15.8 Å². The topological polar surface area (TPSA) is 77.5 Å². The molecule has 0 amide bonds. The Labute approximate surface area is 108 Å². The van der Waals surface area contributed by atoms with Crippen LogP contribution < -0.4 is 5.32 Å². The fourth-order valence-electron chi connectivity index (χ4n) is 1.29. The van der Waals surface area contributed by atoms with E-state index in [2.05, 4.69) is 10.4 Å². The van der Waals surface area contributed by atoms with Gasteiger partial charge < -0.3 is 5.32 Å². The summed E-state index contributed by atoms with van der Waals surface area (Å²) in [5, 5.41) is 23.3. The minimum absolute atomic E-state index is 0.404. The second kappa shape index (κ2) is 5.65. The lowest BCUT2D eigenvalue weighted by Gasteiger charge is -2.04. The summed E-state index contributed by atoms with van der Waals surface area (Å²) in [6.07, 6.45) is 2.38. The van der Waals surface area contributed by atoms with Gasteiger partial charge in [-0.15, -0.1) is 0 Å². The second-order valence-electron chi connectivity index (χ2n) is 3.21. The fourth-order valence-corrected chi connectivity index (χ4v) is 1.63. The molecule has 6 heteroatoms. The first-order valence-corrected chi connectivity index (χ1v) is 5.70. The van der Waals surface area contributed by atoms with Crippen molar-refractivity contribution < 1.29 is 0 Å². The van der Waals surface area contributed by atoms with Crippen LogP contribution in [0.3, 0.4) is 0 Å². The molecule has 0 aliphatic rings. The molecule has 0 fully saturated rings. The number of allylic oxidation sites excluding steroid dienone is 1. The van der Waals surface area contributed by atoms with Gasteiger partial charge in [0.2, 0.25) is 0 Å². The molecule has 0 saturated heterocycles. The van der Waals surface area contributed by atoms with Gasteiger partial charge in [0.1, 0.15) is 6.07 Å². The lowest BCUT2D eigenvalue weighted by Crippen LogP contribution is -2.07. The van der Waals surface area contributed by atoms with Crippen LogP contribution in [0.5, 0.6) is 0 Å². The van der Waals surface area contributed by atoms with Gasteiger partial charge in [0.15, 0.2) is 5.69 Å². The Morgan fingerprint density at radius 1 is 1.81 bits per heavy atom. The summed E-state index contributed by atoms with van der Waals surface area (Å²) in [5.41, 5.74) is 2.19. The van der Waals surface area contributed by atoms with Gasteiger partial charge in [0.25, 0.3) is 0 Å². The van der Waals surface area contributed by atoms with Gasteiger partial charge in [0.05, 0.1) is 3.72 Å². The molecule has 0 spiro atoms. The quantitative estimate of drug-likeness (QED) is 0.647. The van der Waals surface area contributed by atoms with Crippen molar-refractivity contribution in [3.63, 3.8) is 0 Å². The smallest absolute Gasteiger partial charge is 0.162 e. The summed E-state index contributed by atoms with van der Waals surface area (Å²) in [4.78, 5) is 0. The molecule has 0 radical (unpaired) electrons. The van der Waals surface area contributed by atoms with Crippen LogP contribution >= 0.6 is 22.6 Å². The highest BCUT2D eigenvalue weighted by atomic mass is 127. The molecule has 1 heterocycles. The normalized spacial score (nSPS) is 11.0. The molecule has 5 nitrogen and oxygen atoms in total. The van der Waals surface area contributed by atoms with Gasteiger partial charge in [-0.05, 0) is 28.7 Å². The van der Waals surface area contributed by atoms with E-state index in [1.165, 1.54) is 0 Å². The third-order valence-corrected chi connectivity index (χ3v) is 2.76. The number of hydrogen-bond donors (Lipinski definition) is 2. The zero-order valence-electron chi connectivity index (χ0n) is 9.08. The molecule has 0 aromatic carbocycles. The third-order valence-electron chi connectivity index (χ3n) is 2.06. The van der Waals surface area contributed by atoms with Crippen LogP contribution in [0.2, 0.25) is 0 Å². The van der Waals surface area contributed by atoms with Gasteiger partial charge in [-0.2, -0.15) is 10.4 Å². The molecule has 0 unspecified atom stereocenters. The summed E-state index contributed by atoms with van der Waals surface area (Å²) < 4.78 is 2.15. The molecule has 1 aromatic rings. The first-order valence-electron chi connectivity index (χ1n) is 4.62. The van der Waals surface area contributed by atoms with Crippen LogP contribution in [0.1, 0.15) is 11.4 Å². The number of rotatable bonds is 4. The number of nitrogens with zero attached hydrogens (tertiary/aromatic N) is 3. The standard InChI is InChI=1S/C10H12IN5/c1-14-6-7(10(11)13)3-9-4-8(5-12)15-16(9)2/h4,6,13-14H,3H2,1-2H3/b7-6-,13-10?. The van der Waals surface area contributed by atoms with Gasteiger partial charge in [0, 0.05) is 38.0 Å². The maximum absolute atomic E-state index is 8.73. The van der Waals surface area contributed by atoms with Gasteiger partial charge >= 0.3 is 0 Å². The van der Waals surface area contributed by atoms with E-state index in [1.807, 2.05) is 28.7 Å². The molecule has 2 N–H and O–H groups in total. The third kappa shape index (κ3) is 3.06. The van der Waals surface area contributed by atoms with E-state index in [9.17, 15) is 0 Å². The number of aromatic nitrogens is 2. The highest BCUT2D eigenvalue weighted by Gasteiger charge is 2.09. The molecule has 1 rings (SSSR count). The van der Waals surface area contributed by atoms with Crippen molar-refractivity contribution >= 4 is 26.3 Å². The van der Waals surface area contributed by atoms with Crippen molar-refractivity contribution in [3.8, 4) is 6.07 Å². The number of halogens is 1. The zero-order valence-corrected chi connectivity index (χ0v) is 11.2. The Balaban J connectivity index is 2.94. The van der Waals surface area contributed by atoms with Crippen molar-refractivity contribution in [2.45, 2.75) is 6.42 Å². The summed E-state index contributed by atoms with van der Waals surface area (Å²) in [6.45, 7) is 0. The molecule has 0 saturated carbocycles. The predicted octanol–water partition coefficient (Wildman–Crippen LogP) is 1.35. The summed E-state index contributed by atoms with van der Waals surface area (Å²) in [7, 11) is 3.59. The maximum atomic E-state index is 8.73. The SMILES string of the molecule is CN/C=C(/Cc1cc(C#N)nn1C)C(=N)I. The van der Waals surface area contributed by atoms with Crippen LogP contribution in [-0.4, -0.2) is 20.5 Å². The van der Waals surface area contributed by atoms with Gasteiger partial charge in [-0.25, -0.2) is 0 Å². The minimum Gasteiger partial charge on any atom is -0.394 e. The first-order chi connectivity index (χ1) is 7.58. The fraction of sp³-hybridized carbons (Fsp3) is 0.300. The number of aryl methyl sites for hydroxylation is 1. The average molecular weight is 329 g/mol. The van der Waals surface area contributed by atoms with E-state index >= 15 is 0 Å². The molecule has 0 bridgehead atoms. The van der Waals surface area contributed by atoms with Gasteiger partial charge in [-0.3, -0.25) is 10.1 Å². The van der Waals surface area contributed by atoms with Crippen molar-refractivity contribution in [1.29, 1.82) is 10.7 Å². The van der Waals surface area contributed by atoms with E-state index in [-0.39, 0.29) is 0 Å². The van der Waals surface area contributed by atoms with Crippen LogP contribution in [0, 0.1) is 16.7 Å². The lowest BCUT2D eigenvalue weighted by molar-refractivity contribution is 0.721. The Kier molecular flexibility index (Phi) is 4.49. The first kappa shape index (κ1) is 12.7. The van der Waals surface area contributed by atoms with Crippen molar-refractivity contribution in [3.05, 3.63) is 29.2 Å². The van der Waals surface area contributed by atoms with E-state index in [0.717, 1.165) is 11.3 Å². The number of hydrogen-bond acceptors (Lipinski definition) is 4. The molecule has 84 valence electrons.